The molecule has 0 unspecified atom stereocenters. The van der Waals surface area contributed by atoms with Crippen LogP contribution in [0, 0.1) is 0 Å². The molecule has 0 aliphatic carbocycles. The SMILES string of the molecule is CC(=O)N1CC(N)=C(C(N)=S)C1. The van der Waals surface area contributed by atoms with E-state index in [2.05, 4.69) is 0 Å². The van der Waals surface area contributed by atoms with Gasteiger partial charge in [-0.1, -0.05) is 12.2 Å². The van der Waals surface area contributed by atoms with Crippen LogP contribution in [0.1, 0.15) is 6.92 Å². The maximum Gasteiger partial charge on any atom is 0.220 e. The highest BCUT2D eigenvalue weighted by Crippen LogP contribution is 2.13. The molecule has 1 aliphatic heterocycles. The van der Waals surface area contributed by atoms with E-state index in [0.29, 0.717) is 18.8 Å². The molecule has 0 aromatic rings. The largest absolute Gasteiger partial charge is 0.400 e. The first-order valence-electron chi connectivity index (χ1n) is 3.55. The number of nitrogens with two attached hydrogens (primary N) is 2. The van der Waals surface area contributed by atoms with Crippen LogP contribution >= 0.6 is 12.2 Å². The minimum absolute atomic E-state index is 0.01000. The first-order chi connectivity index (χ1) is 5.52. The summed E-state index contributed by atoms with van der Waals surface area (Å²) < 4.78 is 0. The van der Waals surface area contributed by atoms with Crippen LogP contribution in [0.4, 0.5) is 0 Å². The van der Waals surface area contributed by atoms with Crippen molar-refractivity contribution in [2.75, 3.05) is 13.1 Å². The quantitative estimate of drug-likeness (QED) is 0.532. The molecule has 1 heterocycles. The van der Waals surface area contributed by atoms with Crippen LogP contribution in [0.3, 0.4) is 0 Å². The van der Waals surface area contributed by atoms with E-state index < -0.39 is 0 Å². The van der Waals surface area contributed by atoms with Crippen molar-refractivity contribution in [3.8, 4) is 0 Å². The van der Waals surface area contributed by atoms with Gasteiger partial charge in [0, 0.05) is 18.2 Å². The van der Waals surface area contributed by atoms with Crippen molar-refractivity contribution < 1.29 is 4.79 Å². The summed E-state index contributed by atoms with van der Waals surface area (Å²) in [4.78, 5) is 12.8. The van der Waals surface area contributed by atoms with Crippen LogP contribution in [0.25, 0.3) is 0 Å². The van der Waals surface area contributed by atoms with Crippen molar-refractivity contribution in [3.05, 3.63) is 11.3 Å². The Balaban J connectivity index is 2.74. The number of amides is 1. The highest BCUT2D eigenvalue weighted by atomic mass is 32.1. The van der Waals surface area contributed by atoms with Crippen LogP contribution in [0.2, 0.25) is 0 Å². The molecule has 5 heteroatoms. The van der Waals surface area contributed by atoms with Crippen LogP contribution in [-0.2, 0) is 4.79 Å². The van der Waals surface area contributed by atoms with Gasteiger partial charge in [0.15, 0.2) is 0 Å². The Morgan fingerprint density at radius 3 is 2.42 bits per heavy atom. The second-order valence-electron chi connectivity index (χ2n) is 2.74. The Hall–Kier alpha value is -1.10. The van der Waals surface area contributed by atoms with Gasteiger partial charge in [-0.05, 0) is 0 Å². The van der Waals surface area contributed by atoms with E-state index in [4.69, 9.17) is 23.7 Å². The average Bonchev–Trinajstić information content (AvgIpc) is 2.30. The van der Waals surface area contributed by atoms with E-state index >= 15 is 0 Å². The van der Waals surface area contributed by atoms with Gasteiger partial charge in [0.25, 0.3) is 0 Å². The zero-order valence-corrected chi connectivity index (χ0v) is 7.65. The van der Waals surface area contributed by atoms with E-state index in [0.717, 1.165) is 5.57 Å². The molecule has 1 aliphatic rings. The van der Waals surface area contributed by atoms with E-state index in [9.17, 15) is 4.79 Å². The molecule has 0 atom stereocenters. The van der Waals surface area contributed by atoms with Crippen LogP contribution in [0.15, 0.2) is 11.3 Å². The van der Waals surface area contributed by atoms with Gasteiger partial charge in [-0.15, -0.1) is 0 Å². The number of nitrogens with zero attached hydrogens (tertiary/aromatic N) is 1. The van der Waals surface area contributed by atoms with Gasteiger partial charge in [0.1, 0.15) is 4.99 Å². The molecule has 0 saturated carbocycles. The molecule has 0 aromatic carbocycles. The number of carbonyl (C=O) groups excluding carboxylic acids is 1. The second kappa shape index (κ2) is 3.10. The molecular formula is C7H11N3OS. The predicted molar refractivity (Wildman–Crippen MR) is 50.3 cm³/mol. The number of rotatable bonds is 1. The fourth-order valence-electron chi connectivity index (χ4n) is 1.11. The van der Waals surface area contributed by atoms with Crippen LogP contribution < -0.4 is 11.5 Å². The average molecular weight is 185 g/mol. The van der Waals surface area contributed by atoms with E-state index in [1.807, 2.05) is 0 Å². The minimum atomic E-state index is -0.01000. The van der Waals surface area contributed by atoms with Crippen molar-refractivity contribution in [2.24, 2.45) is 11.5 Å². The number of carbonyl (C=O) groups is 1. The molecule has 4 nitrogen and oxygen atoms in total. The van der Waals surface area contributed by atoms with Crippen molar-refractivity contribution in [1.29, 1.82) is 0 Å². The molecule has 0 aromatic heterocycles. The summed E-state index contributed by atoms with van der Waals surface area (Å²) in [6, 6.07) is 0. The van der Waals surface area contributed by atoms with Gasteiger partial charge in [-0.2, -0.15) is 0 Å². The van der Waals surface area contributed by atoms with Gasteiger partial charge in [0.05, 0.1) is 13.1 Å². The summed E-state index contributed by atoms with van der Waals surface area (Å²) in [5.74, 6) is -0.01000. The third kappa shape index (κ3) is 1.55. The van der Waals surface area contributed by atoms with Crippen molar-refractivity contribution in [3.63, 3.8) is 0 Å². The van der Waals surface area contributed by atoms with Gasteiger partial charge in [-0.3, -0.25) is 4.79 Å². The first-order valence-corrected chi connectivity index (χ1v) is 3.96. The minimum Gasteiger partial charge on any atom is -0.400 e. The lowest BCUT2D eigenvalue weighted by molar-refractivity contribution is -0.127. The first kappa shape index (κ1) is 8.99. The summed E-state index contributed by atoms with van der Waals surface area (Å²) in [5.41, 5.74) is 12.4. The van der Waals surface area contributed by atoms with E-state index in [1.165, 1.54) is 6.92 Å². The molecule has 4 N–H and O–H groups in total. The zero-order chi connectivity index (χ0) is 9.30. The standard InChI is InChI=1S/C7H11N3OS/c1-4(11)10-2-5(7(9)12)6(8)3-10/h2-3,8H2,1H3,(H2,9,12). The molecule has 0 saturated heterocycles. The highest BCUT2D eigenvalue weighted by molar-refractivity contribution is 7.80. The lowest BCUT2D eigenvalue weighted by Crippen LogP contribution is -2.28. The normalized spacial score (nSPS) is 16.9. The molecule has 12 heavy (non-hydrogen) atoms. The van der Waals surface area contributed by atoms with E-state index in [1.54, 1.807) is 4.90 Å². The van der Waals surface area contributed by atoms with Gasteiger partial charge in [-0.25, -0.2) is 0 Å². The molecule has 0 spiro atoms. The number of hydrogen-bond donors (Lipinski definition) is 2. The lowest BCUT2D eigenvalue weighted by Gasteiger charge is -2.12. The van der Waals surface area contributed by atoms with Gasteiger partial charge >= 0.3 is 0 Å². The Morgan fingerprint density at radius 2 is 2.17 bits per heavy atom. The van der Waals surface area contributed by atoms with Crippen molar-refractivity contribution >= 4 is 23.1 Å². The van der Waals surface area contributed by atoms with Crippen LogP contribution in [0.5, 0.6) is 0 Å². The molecule has 1 rings (SSSR count). The van der Waals surface area contributed by atoms with Gasteiger partial charge in [0.2, 0.25) is 5.91 Å². The molecule has 0 fully saturated rings. The monoisotopic (exact) mass is 185 g/mol. The van der Waals surface area contributed by atoms with Crippen LogP contribution in [-0.4, -0.2) is 28.9 Å². The topological polar surface area (TPSA) is 72.3 Å². The van der Waals surface area contributed by atoms with Gasteiger partial charge < -0.3 is 16.4 Å². The second-order valence-corrected chi connectivity index (χ2v) is 3.18. The molecule has 66 valence electrons. The predicted octanol–water partition coefficient (Wildman–Crippen LogP) is -0.653. The maximum atomic E-state index is 10.9. The molecule has 0 bridgehead atoms. The van der Waals surface area contributed by atoms with Crippen molar-refractivity contribution in [1.82, 2.24) is 4.90 Å². The maximum absolute atomic E-state index is 10.9. The summed E-state index contributed by atoms with van der Waals surface area (Å²) in [5, 5.41) is 0. The molecule has 0 radical (unpaired) electrons. The lowest BCUT2D eigenvalue weighted by atomic mass is 10.2. The fraction of sp³-hybridized carbons (Fsp3) is 0.429. The fourth-order valence-corrected chi connectivity index (χ4v) is 1.30. The summed E-state index contributed by atoms with van der Waals surface area (Å²) >= 11 is 4.77. The molecular weight excluding hydrogens is 174 g/mol. The summed E-state index contributed by atoms with van der Waals surface area (Å²) in [6.45, 7) is 2.40. The smallest absolute Gasteiger partial charge is 0.220 e. The summed E-state index contributed by atoms with van der Waals surface area (Å²) in [6.07, 6.45) is 0. The zero-order valence-electron chi connectivity index (χ0n) is 6.83. The molecule has 1 amide bonds. The Labute approximate surface area is 76.2 Å². The number of thiocarbonyl (C=S) groups is 1. The Morgan fingerprint density at radius 1 is 1.58 bits per heavy atom. The third-order valence-electron chi connectivity index (χ3n) is 1.84. The number of hydrogen-bond acceptors (Lipinski definition) is 3. The van der Waals surface area contributed by atoms with Crippen molar-refractivity contribution in [2.45, 2.75) is 6.92 Å². The third-order valence-corrected chi connectivity index (χ3v) is 2.09. The van der Waals surface area contributed by atoms with E-state index in [-0.39, 0.29) is 10.9 Å². The Kier molecular flexibility index (Phi) is 2.32. The summed E-state index contributed by atoms with van der Waals surface area (Å²) in [7, 11) is 0. The Bertz CT molecular complexity index is 272. The highest BCUT2D eigenvalue weighted by Gasteiger charge is 2.22.